The minimum atomic E-state index is -0.203. The summed E-state index contributed by atoms with van der Waals surface area (Å²) in [6, 6.07) is 12.5. The van der Waals surface area contributed by atoms with E-state index in [1.165, 1.54) is 83.5 Å². The predicted molar refractivity (Wildman–Crippen MR) is 306 cm³/mol. The Balaban J connectivity index is 0.000000320. The fourth-order valence-corrected chi connectivity index (χ4v) is 9.70. The first-order valence-electron chi connectivity index (χ1n) is 28.4. The molecule has 11 atom stereocenters. The third-order valence-electron chi connectivity index (χ3n) is 14.4. The Morgan fingerprint density at radius 3 is 1.53 bits per heavy atom. The van der Waals surface area contributed by atoms with Gasteiger partial charge in [-0.05, 0) is 101 Å². The number of nitrogens with zero attached hydrogens (tertiary/aromatic N) is 9. The molecule has 7 fully saturated rings. The first-order valence-corrected chi connectivity index (χ1v) is 28.4. The van der Waals surface area contributed by atoms with Gasteiger partial charge in [0.1, 0.15) is 5.75 Å². The number of nitrogens with two attached hydrogens (primary N) is 2. The standard InChI is InChI=1S/C12H22N2O.C12H21N2O.C12H17N2O.C12H10N2O.2C5H11N2.3Co/c4*15-11-6-2-1-5-10(11)9-14-12-7-3-4-8-13-12;2*6-5-3-1-2-4-7-5;;;/h9-13,15H,1-8H2;9-12,15H,1-8H2;3-4,7-12,15H,1-2,5-6H2;1-9,15H;2*5H,1-4,6H2;;;/q;2*-1;;2*-1;;2*+3. The van der Waals surface area contributed by atoms with Crippen LogP contribution >= 0.6 is 0 Å². The monoisotopic (exact) mass is 1200 g/mol. The van der Waals surface area contributed by atoms with Crippen LogP contribution in [0.25, 0.3) is 21.3 Å². The van der Waals surface area contributed by atoms with Crippen molar-refractivity contribution in [3.05, 3.63) is 99.9 Å². The number of pyridine rings is 1. The van der Waals surface area contributed by atoms with Crippen LogP contribution in [0, 0.1) is 17.8 Å². The average molecular weight is 1200 g/mol. The van der Waals surface area contributed by atoms with E-state index >= 15 is 0 Å². The molecule has 4 saturated heterocycles. The summed E-state index contributed by atoms with van der Waals surface area (Å²) in [6.45, 7) is 4.03. The first-order chi connectivity index (χ1) is 36.2. The molecule has 6 heterocycles. The largest absolute Gasteiger partial charge is 3.00 e. The van der Waals surface area contributed by atoms with Gasteiger partial charge in [-0.25, -0.2) is 9.98 Å². The van der Waals surface area contributed by atoms with E-state index in [2.05, 4.69) is 51.5 Å². The van der Waals surface area contributed by atoms with Gasteiger partial charge < -0.3 is 63.1 Å². The molecular formula is C58H92Co3N12O4+2. The summed E-state index contributed by atoms with van der Waals surface area (Å²) in [7, 11) is 0. The molecule has 11 unspecified atom stereocenters. The van der Waals surface area contributed by atoms with Crippen molar-refractivity contribution < 1.29 is 70.8 Å². The quantitative estimate of drug-likeness (QED) is 0.125. The molecule has 433 valence electrons. The molecule has 10 rings (SSSR count). The molecule has 1 radical (unpaired) electrons. The zero-order valence-electron chi connectivity index (χ0n) is 45.4. The van der Waals surface area contributed by atoms with E-state index in [0.717, 1.165) is 96.8 Å². The molecule has 9 N–H and O–H groups in total. The van der Waals surface area contributed by atoms with Crippen molar-refractivity contribution in [2.75, 3.05) is 26.2 Å². The van der Waals surface area contributed by atoms with Gasteiger partial charge in [-0.15, -0.1) is 19.6 Å². The van der Waals surface area contributed by atoms with E-state index in [0.29, 0.717) is 23.5 Å². The van der Waals surface area contributed by atoms with Crippen molar-refractivity contribution in [1.29, 1.82) is 0 Å². The number of aliphatic hydroxyl groups excluding tert-OH is 3. The Labute approximate surface area is 493 Å². The van der Waals surface area contributed by atoms with Gasteiger partial charge >= 0.3 is 33.6 Å². The SMILES string of the molecule is NC1CCCC[N-]1.NC1CCCC[N-]1.OC1CCCCC1C=NC1C=CC=C[N-]1.OC1CCCCC1C=NC1CCCCN1.OC1CCCCC1C=NC1CCCC[N-]1.Oc1ccccc1C=Nc1ccccn1.[Co+3].[Co+3].[Co]. The van der Waals surface area contributed by atoms with Crippen molar-refractivity contribution in [3.8, 4) is 5.75 Å². The van der Waals surface area contributed by atoms with E-state index < -0.39 is 0 Å². The number of allylic oxidation sites excluding steroid dienone is 2. The zero-order chi connectivity index (χ0) is 52.3. The molecule has 3 aliphatic carbocycles. The van der Waals surface area contributed by atoms with Crippen LogP contribution in [-0.4, -0.2) is 126 Å². The van der Waals surface area contributed by atoms with Gasteiger partial charge in [-0.2, -0.15) is 6.20 Å². The second-order valence-electron chi connectivity index (χ2n) is 20.5. The maximum Gasteiger partial charge on any atom is 3.00 e. The van der Waals surface area contributed by atoms with Gasteiger partial charge in [0, 0.05) is 71.2 Å². The van der Waals surface area contributed by atoms with Gasteiger partial charge in [-0.3, -0.25) is 10.3 Å². The molecule has 0 amide bonds. The Morgan fingerprint density at radius 2 is 1.08 bits per heavy atom. The van der Waals surface area contributed by atoms with Crippen LogP contribution in [0.4, 0.5) is 5.82 Å². The van der Waals surface area contributed by atoms with Crippen molar-refractivity contribution in [3.63, 3.8) is 0 Å². The molecule has 0 spiro atoms. The number of benzene rings is 1. The molecule has 77 heavy (non-hydrogen) atoms. The van der Waals surface area contributed by atoms with Crippen molar-refractivity contribution in [2.24, 2.45) is 49.2 Å². The molecule has 1 aromatic heterocycles. The van der Waals surface area contributed by atoms with Gasteiger partial charge in [0.25, 0.3) is 0 Å². The fourth-order valence-electron chi connectivity index (χ4n) is 9.70. The number of aliphatic imine (C=N–C) groups is 4. The van der Waals surface area contributed by atoms with E-state index in [-0.39, 0.29) is 111 Å². The molecule has 3 saturated carbocycles. The van der Waals surface area contributed by atoms with E-state index in [1.54, 1.807) is 42.9 Å². The third kappa shape index (κ3) is 31.2. The number of rotatable bonds is 8. The van der Waals surface area contributed by atoms with Crippen LogP contribution < -0.4 is 16.8 Å². The molecular weight excluding hydrogens is 1110 g/mol. The minimum absolute atomic E-state index is 0. The molecule has 0 bridgehead atoms. The summed E-state index contributed by atoms with van der Waals surface area (Å²) in [5.41, 5.74) is 11.6. The zero-order valence-corrected chi connectivity index (χ0v) is 48.5. The number of para-hydroxylation sites is 1. The van der Waals surface area contributed by atoms with Gasteiger partial charge in [0.05, 0.1) is 24.5 Å². The van der Waals surface area contributed by atoms with Crippen LogP contribution in [-0.2, 0) is 50.3 Å². The number of phenolic OH excluding ortho intramolecular Hbond substituents is 1. The minimum Gasteiger partial charge on any atom is -0.667 e. The topological polar surface area (TPSA) is 264 Å². The second kappa shape index (κ2) is 44.0. The smallest absolute Gasteiger partial charge is 0.667 e. The average Bonchev–Trinajstić information content (AvgIpc) is 3.45. The third-order valence-corrected chi connectivity index (χ3v) is 14.4. The Bertz CT molecular complexity index is 1870. The van der Waals surface area contributed by atoms with E-state index in [9.17, 15) is 20.4 Å². The van der Waals surface area contributed by atoms with Crippen molar-refractivity contribution >= 4 is 30.7 Å². The number of hydrogen-bond donors (Lipinski definition) is 7. The molecule has 19 heteroatoms. The molecule has 8 aliphatic rings. The van der Waals surface area contributed by atoms with Gasteiger partial charge in [-0.1, -0.05) is 145 Å². The second-order valence-corrected chi connectivity index (χ2v) is 20.5. The van der Waals surface area contributed by atoms with Crippen LogP contribution in [0.1, 0.15) is 160 Å². The molecule has 16 nitrogen and oxygen atoms in total. The molecule has 1 aromatic carbocycles. The maximum absolute atomic E-state index is 9.79. The number of aromatic nitrogens is 1. The van der Waals surface area contributed by atoms with E-state index in [4.69, 9.17) is 11.5 Å². The number of phenols is 1. The summed E-state index contributed by atoms with van der Waals surface area (Å²) in [5.74, 6) is 1.67. The predicted octanol–water partition coefficient (Wildman–Crippen LogP) is 10.8. The normalized spacial score (nSPS) is 30.0. The summed E-state index contributed by atoms with van der Waals surface area (Å²) in [6.07, 6.45) is 44.6. The van der Waals surface area contributed by atoms with Crippen LogP contribution in [0.5, 0.6) is 5.75 Å². The molecule has 2 aromatic rings. The fraction of sp³-hybridized carbons (Fsp3) is 0.672. The van der Waals surface area contributed by atoms with Gasteiger partial charge in [0.15, 0.2) is 5.82 Å². The van der Waals surface area contributed by atoms with Gasteiger partial charge in [0.2, 0.25) is 0 Å². The first kappa shape index (κ1) is 70.4. The number of piperidine rings is 4. The van der Waals surface area contributed by atoms with Crippen molar-refractivity contribution in [1.82, 2.24) is 10.3 Å². The Morgan fingerprint density at radius 1 is 0.558 bits per heavy atom. The van der Waals surface area contributed by atoms with Crippen molar-refractivity contribution in [2.45, 2.75) is 203 Å². The summed E-state index contributed by atoms with van der Waals surface area (Å²) < 4.78 is 0. The van der Waals surface area contributed by atoms with Crippen LogP contribution in [0.2, 0.25) is 0 Å². The number of hydrogen-bond acceptors (Lipinski definition) is 12. The van der Waals surface area contributed by atoms with Crippen LogP contribution in [0.3, 0.4) is 0 Å². The number of nitrogens with one attached hydrogen (secondary N) is 1. The summed E-state index contributed by atoms with van der Waals surface area (Å²) in [4.78, 5) is 21.6. The summed E-state index contributed by atoms with van der Waals surface area (Å²) in [5, 5.41) is 59.0. The Hall–Kier alpha value is -2.71. The van der Waals surface area contributed by atoms with Crippen LogP contribution in [0.15, 0.2) is 93.1 Å². The Kier molecular flexibility index (Phi) is 40.2. The maximum atomic E-state index is 9.79. The number of aliphatic hydroxyl groups is 3. The summed E-state index contributed by atoms with van der Waals surface area (Å²) >= 11 is 0. The number of aromatic hydroxyl groups is 1. The van der Waals surface area contributed by atoms with E-state index in [1.807, 2.05) is 55.1 Å². The molecule has 5 aliphatic heterocycles.